The van der Waals surface area contributed by atoms with Gasteiger partial charge in [0.25, 0.3) is 11.4 Å². The molecule has 0 aliphatic heterocycles. The molecule has 0 aromatic carbocycles. The average molecular weight is 402 g/mol. The molecule has 138 valence electrons. The summed E-state index contributed by atoms with van der Waals surface area (Å²) in [5.74, 6) is 0.0457. The number of rotatable bonds is 5. The Morgan fingerprint density at radius 2 is 2.22 bits per heavy atom. The molecule has 4 rings (SSSR count). The predicted molar refractivity (Wildman–Crippen MR) is 101 cm³/mol. The highest BCUT2D eigenvalue weighted by Gasteiger charge is 2.15. The monoisotopic (exact) mass is 402 g/mol. The summed E-state index contributed by atoms with van der Waals surface area (Å²) in [5.41, 5.74) is 1.48. The lowest BCUT2D eigenvalue weighted by Crippen LogP contribution is -2.25. The summed E-state index contributed by atoms with van der Waals surface area (Å²) in [5, 5.41) is 8.19. The minimum atomic E-state index is -0.585. The molecule has 0 amide bonds. The molecule has 0 radical (unpaired) electrons. The molecule has 0 saturated carbocycles. The van der Waals surface area contributed by atoms with E-state index in [-0.39, 0.29) is 24.6 Å². The number of aryl methyl sites for hydroxylation is 2. The smallest absolute Gasteiger partial charge is 0.326 e. The molecule has 0 aliphatic carbocycles. The first kappa shape index (κ1) is 17.6. The molecule has 0 N–H and O–H groups in total. The topological polar surface area (TPSA) is 100 Å². The molecule has 0 saturated heterocycles. The van der Waals surface area contributed by atoms with Gasteiger partial charge in [-0.3, -0.25) is 14.2 Å². The van der Waals surface area contributed by atoms with Crippen molar-refractivity contribution in [2.24, 2.45) is 0 Å². The van der Waals surface area contributed by atoms with Gasteiger partial charge in [-0.1, -0.05) is 5.16 Å². The number of esters is 1. The third-order valence-corrected chi connectivity index (χ3v) is 5.86. The molecule has 27 heavy (non-hydrogen) atoms. The second-order valence-corrected chi connectivity index (χ2v) is 7.81. The number of carbonyl (C=O) groups is 1. The number of fused-ring (bicyclic) bond motifs is 1. The zero-order valence-corrected chi connectivity index (χ0v) is 16.1. The Kier molecular flexibility index (Phi) is 4.58. The Morgan fingerprint density at radius 3 is 3.00 bits per heavy atom. The Bertz CT molecular complexity index is 1170. The van der Waals surface area contributed by atoms with Crippen molar-refractivity contribution in [1.29, 1.82) is 0 Å². The molecule has 10 heteroatoms. The van der Waals surface area contributed by atoms with Crippen molar-refractivity contribution in [1.82, 2.24) is 19.7 Å². The van der Waals surface area contributed by atoms with E-state index in [0.29, 0.717) is 16.0 Å². The van der Waals surface area contributed by atoms with Crippen molar-refractivity contribution in [3.63, 3.8) is 0 Å². The Morgan fingerprint density at radius 1 is 1.37 bits per heavy atom. The summed E-state index contributed by atoms with van der Waals surface area (Å²) in [6, 6.07) is 1.87. The van der Waals surface area contributed by atoms with E-state index in [1.54, 1.807) is 0 Å². The van der Waals surface area contributed by atoms with Crippen LogP contribution in [0.3, 0.4) is 0 Å². The lowest BCUT2D eigenvalue weighted by Gasteiger charge is -2.05. The fraction of sp³-hybridized carbons (Fsp3) is 0.235. The quantitative estimate of drug-likeness (QED) is 0.473. The van der Waals surface area contributed by atoms with E-state index >= 15 is 0 Å². The van der Waals surface area contributed by atoms with Crippen molar-refractivity contribution < 1.29 is 14.1 Å². The van der Waals surface area contributed by atoms with Crippen LogP contribution in [0.4, 0.5) is 0 Å². The van der Waals surface area contributed by atoms with Crippen LogP contribution in [-0.2, 0) is 22.7 Å². The number of carbonyl (C=O) groups excluding carboxylic acids is 1. The zero-order valence-electron chi connectivity index (χ0n) is 14.5. The van der Waals surface area contributed by atoms with Gasteiger partial charge < -0.3 is 9.26 Å². The van der Waals surface area contributed by atoms with Gasteiger partial charge >= 0.3 is 5.97 Å². The molecule has 0 aliphatic rings. The molecule has 0 fully saturated rings. The Balaban J connectivity index is 1.44. The summed E-state index contributed by atoms with van der Waals surface area (Å²) < 4.78 is 11.5. The second kappa shape index (κ2) is 7.05. The first-order valence-corrected chi connectivity index (χ1v) is 9.75. The van der Waals surface area contributed by atoms with Gasteiger partial charge in [0.15, 0.2) is 6.61 Å². The van der Waals surface area contributed by atoms with Crippen LogP contribution in [-0.4, -0.2) is 25.7 Å². The maximum atomic E-state index is 12.6. The standard InChI is InChI=1S/C17H14N4O4S2/c1-9-10(2)27-16-14(9)17(23)21(8-18-16)5-13(22)24-6-12-19-15(20-25-12)11-3-4-26-7-11/h3-4,7-8H,5-6H2,1-2H3. The number of hydrogen-bond acceptors (Lipinski definition) is 9. The van der Waals surface area contributed by atoms with Crippen LogP contribution in [0.2, 0.25) is 0 Å². The van der Waals surface area contributed by atoms with E-state index in [2.05, 4.69) is 15.1 Å². The van der Waals surface area contributed by atoms with Crippen LogP contribution < -0.4 is 5.56 Å². The molecular weight excluding hydrogens is 388 g/mol. The van der Waals surface area contributed by atoms with Gasteiger partial charge in [0.05, 0.1) is 11.7 Å². The van der Waals surface area contributed by atoms with Crippen LogP contribution >= 0.6 is 22.7 Å². The second-order valence-electron chi connectivity index (χ2n) is 5.83. The van der Waals surface area contributed by atoms with Gasteiger partial charge in [-0.25, -0.2) is 4.98 Å². The largest absolute Gasteiger partial charge is 0.454 e. The van der Waals surface area contributed by atoms with Crippen molar-refractivity contribution >= 4 is 38.9 Å². The van der Waals surface area contributed by atoms with E-state index in [9.17, 15) is 9.59 Å². The van der Waals surface area contributed by atoms with Crippen LogP contribution in [0.5, 0.6) is 0 Å². The van der Waals surface area contributed by atoms with Gasteiger partial charge in [-0.2, -0.15) is 16.3 Å². The molecule has 0 spiro atoms. The zero-order chi connectivity index (χ0) is 19.0. The summed E-state index contributed by atoms with van der Waals surface area (Å²) in [4.78, 5) is 34.8. The molecule has 4 aromatic rings. The average Bonchev–Trinajstić information content (AvgIpc) is 3.37. The highest BCUT2D eigenvalue weighted by molar-refractivity contribution is 7.18. The summed E-state index contributed by atoms with van der Waals surface area (Å²) in [7, 11) is 0. The Labute approximate surface area is 161 Å². The van der Waals surface area contributed by atoms with Gasteiger partial charge in [-0.05, 0) is 30.9 Å². The van der Waals surface area contributed by atoms with E-state index < -0.39 is 5.97 Å². The van der Waals surface area contributed by atoms with Crippen molar-refractivity contribution in [2.75, 3.05) is 0 Å². The number of ether oxygens (including phenoxy) is 1. The van der Waals surface area contributed by atoms with Gasteiger partial charge in [0.2, 0.25) is 5.82 Å². The van der Waals surface area contributed by atoms with Crippen molar-refractivity contribution in [3.8, 4) is 11.4 Å². The predicted octanol–water partition coefficient (Wildman–Crippen LogP) is 2.93. The van der Waals surface area contributed by atoms with Gasteiger partial charge in [0, 0.05) is 15.8 Å². The number of nitrogens with zero attached hydrogens (tertiary/aromatic N) is 4. The van der Waals surface area contributed by atoms with Crippen molar-refractivity contribution in [2.45, 2.75) is 27.0 Å². The molecular formula is C17H14N4O4S2. The van der Waals surface area contributed by atoms with Crippen LogP contribution in [0.1, 0.15) is 16.3 Å². The third-order valence-electron chi connectivity index (χ3n) is 4.06. The molecule has 4 aromatic heterocycles. The van der Waals surface area contributed by atoms with Gasteiger partial charge in [-0.15, -0.1) is 11.3 Å². The van der Waals surface area contributed by atoms with E-state index in [0.717, 1.165) is 16.0 Å². The highest BCUT2D eigenvalue weighted by Crippen LogP contribution is 2.25. The molecule has 0 bridgehead atoms. The molecule has 0 unspecified atom stereocenters. The molecule has 4 heterocycles. The lowest BCUT2D eigenvalue weighted by atomic mass is 10.2. The fourth-order valence-corrected chi connectivity index (χ4v) is 4.15. The minimum Gasteiger partial charge on any atom is -0.454 e. The maximum Gasteiger partial charge on any atom is 0.326 e. The van der Waals surface area contributed by atoms with E-state index in [4.69, 9.17) is 9.26 Å². The summed E-state index contributed by atoms with van der Waals surface area (Å²) in [6.45, 7) is 3.42. The first-order valence-electron chi connectivity index (χ1n) is 7.99. The summed E-state index contributed by atoms with van der Waals surface area (Å²) in [6.07, 6.45) is 1.36. The Hall–Kier alpha value is -2.85. The van der Waals surface area contributed by atoms with Gasteiger partial charge in [0.1, 0.15) is 11.4 Å². The number of thiophene rings is 2. The van der Waals surface area contributed by atoms with Crippen molar-refractivity contribution in [3.05, 3.63) is 49.8 Å². The minimum absolute atomic E-state index is 0.156. The van der Waals surface area contributed by atoms with E-state index in [1.165, 1.54) is 33.6 Å². The fourth-order valence-electron chi connectivity index (χ4n) is 2.53. The van der Waals surface area contributed by atoms with E-state index in [1.807, 2.05) is 30.7 Å². The molecule has 0 atom stereocenters. The lowest BCUT2D eigenvalue weighted by molar-refractivity contribution is -0.146. The van der Waals surface area contributed by atoms with Crippen LogP contribution in [0.25, 0.3) is 21.6 Å². The first-order chi connectivity index (χ1) is 13.0. The number of aromatic nitrogens is 4. The highest BCUT2D eigenvalue weighted by atomic mass is 32.1. The third kappa shape index (κ3) is 3.40. The maximum absolute atomic E-state index is 12.6. The normalized spacial score (nSPS) is 11.2. The van der Waals surface area contributed by atoms with Crippen LogP contribution in [0, 0.1) is 13.8 Å². The number of hydrogen-bond donors (Lipinski definition) is 0. The molecule has 8 nitrogen and oxygen atoms in total. The SMILES string of the molecule is Cc1sc2ncn(CC(=O)OCc3nc(-c4ccsc4)no3)c(=O)c2c1C. The van der Waals surface area contributed by atoms with Crippen LogP contribution in [0.15, 0.2) is 32.5 Å². The summed E-state index contributed by atoms with van der Waals surface area (Å²) >= 11 is 2.98.